The number of aromatic nitrogens is 2. The van der Waals surface area contributed by atoms with E-state index in [9.17, 15) is 4.79 Å². The molecule has 1 saturated heterocycles. The molecule has 0 saturated carbocycles. The third-order valence-corrected chi connectivity index (χ3v) is 5.45. The molecule has 3 rings (SSSR count). The van der Waals surface area contributed by atoms with Gasteiger partial charge in [0.15, 0.2) is 0 Å². The summed E-state index contributed by atoms with van der Waals surface area (Å²) in [5.41, 5.74) is 8.78. The van der Waals surface area contributed by atoms with Gasteiger partial charge in [0.05, 0.1) is 16.4 Å². The molecule has 1 aromatic carbocycles. The summed E-state index contributed by atoms with van der Waals surface area (Å²) in [7, 11) is 0. The van der Waals surface area contributed by atoms with Gasteiger partial charge in [-0.1, -0.05) is 41.9 Å². The molecule has 1 aliphatic rings. The number of benzene rings is 1. The number of amides is 1. The lowest BCUT2D eigenvalue weighted by Gasteiger charge is -2.17. The van der Waals surface area contributed by atoms with Crippen LogP contribution in [0, 0.1) is 19.8 Å². The van der Waals surface area contributed by atoms with Gasteiger partial charge in [-0.2, -0.15) is 5.10 Å². The quantitative estimate of drug-likeness (QED) is 0.883. The van der Waals surface area contributed by atoms with Crippen LogP contribution in [0.15, 0.2) is 30.3 Å². The molecule has 1 amide bonds. The van der Waals surface area contributed by atoms with Gasteiger partial charge in [0.2, 0.25) is 5.91 Å². The maximum Gasteiger partial charge on any atom is 0.244 e. The molecule has 7 heteroatoms. The van der Waals surface area contributed by atoms with E-state index in [0.717, 1.165) is 11.4 Å². The topological polar surface area (TPSA) is 64.2 Å². The van der Waals surface area contributed by atoms with Crippen molar-refractivity contribution in [2.24, 2.45) is 11.7 Å². The molecule has 1 aromatic heterocycles. The van der Waals surface area contributed by atoms with Crippen LogP contribution in [-0.2, 0) is 11.3 Å². The highest BCUT2D eigenvalue weighted by Gasteiger charge is 2.35. The second-order valence-corrected chi connectivity index (χ2v) is 6.83. The summed E-state index contributed by atoms with van der Waals surface area (Å²) in [6.07, 6.45) is 0. The van der Waals surface area contributed by atoms with Gasteiger partial charge in [-0.3, -0.25) is 9.48 Å². The number of likely N-dealkylation sites (tertiary alicyclic amines) is 1. The number of carbonyl (C=O) groups excluding carboxylic acids is 1. The number of halogens is 2. The van der Waals surface area contributed by atoms with E-state index in [0.29, 0.717) is 36.5 Å². The molecule has 5 nitrogen and oxygen atoms in total. The Balaban J connectivity index is 0.00000225. The van der Waals surface area contributed by atoms with Crippen molar-refractivity contribution in [3.05, 3.63) is 52.3 Å². The smallest absolute Gasteiger partial charge is 0.244 e. The lowest BCUT2D eigenvalue weighted by Crippen LogP contribution is -2.33. The minimum atomic E-state index is 0. The van der Waals surface area contributed by atoms with Gasteiger partial charge >= 0.3 is 0 Å². The average Bonchev–Trinajstić information content (AvgIpc) is 3.13. The number of nitrogens with two attached hydrogens (primary N) is 1. The highest BCUT2D eigenvalue weighted by atomic mass is 35.5. The van der Waals surface area contributed by atoms with Gasteiger partial charge < -0.3 is 10.6 Å². The minimum Gasteiger partial charge on any atom is -0.340 e. The van der Waals surface area contributed by atoms with Crippen molar-refractivity contribution >= 4 is 29.9 Å². The Kier molecular flexibility index (Phi) is 6.49. The van der Waals surface area contributed by atoms with Gasteiger partial charge in [0, 0.05) is 19.0 Å². The molecule has 2 aromatic rings. The van der Waals surface area contributed by atoms with Gasteiger partial charge in [-0.05, 0) is 31.9 Å². The van der Waals surface area contributed by atoms with Crippen molar-refractivity contribution in [3.63, 3.8) is 0 Å². The SMILES string of the molecule is Cc1nn(CC(=O)N2C[C@@H](CN)[C@H](c3ccccc3)C2)c(C)c1Cl.Cl. The van der Waals surface area contributed by atoms with Crippen molar-refractivity contribution in [2.45, 2.75) is 26.3 Å². The van der Waals surface area contributed by atoms with Crippen LogP contribution in [0.5, 0.6) is 0 Å². The van der Waals surface area contributed by atoms with E-state index in [2.05, 4.69) is 17.2 Å². The van der Waals surface area contributed by atoms with Gasteiger partial charge in [-0.25, -0.2) is 0 Å². The predicted octanol–water partition coefficient (Wildman–Crippen LogP) is 2.78. The largest absolute Gasteiger partial charge is 0.340 e. The van der Waals surface area contributed by atoms with Crippen LogP contribution in [-0.4, -0.2) is 40.2 Å². The fourth-order valence-corrected chi connectivity index (χ4v) is 3.58. The second-order valence-electron chi connectivity index (χ2n) is 6.45. The molecule has 1 aliphatic heterocycles. The van der Waals surface area contributed by atoms with E-state index in [4.69, 9.17) is 17.3 Å². The average molecular weight is 383 g/mol. The van der Waals surface area contributed by atoms with E-state index in [1.165, 1.54) is 5.56 Å². The summed E-state index contributed by atoms with van der Waals surface area (Å²) in [4.78, 5) is 14.6. The van der Waals surface area contributed by atoms with Crippen LogP contribution in [0.2, 0.25) is 5.02 Å². The Hall–Kier alpha value is -1.56. The highest BCUT2D eigenvalue weighted by molar-refractivity contribution is 6.31. The third-order valence-electron chi connectivity index (χ3n) is 4.90. The summed E-state index contributed by atoms with van der Waals surface area (Å²) in [6.45, 7) is 5.93. The molecule has 0 aliphatic carbocycles. The number of hydrogen-bond donors (Lipinski definition) is 1. The zero-order chi connectivity index (χ0) is 17.3. The first kappa shape index (κ1) is 19.8. The van der Waals surface area contributed by atoms with E-state index in [1.54, 1.807) is 4.68 Å². The number of hydrogen-bond acceptors (Lipinski definition) is 3. The fraction of sp³-hybridized carbons (Fsp3) is 0.444. The molecule has 0 radical (unpaired) electrons. The minimum absolute atomic E-state index is 0. The summed E-state index contributed by atoms with van der Waals surface area (Å²) in [5.74, 6) is 0.652. The first-order chi connectivity index (χ1) is 11.5. The van der Waals surface area contributed by atoms with E-state index in [-0.39, 0.29) is 24.9 Å². The van der Waals surface area contributed by atoms with E-state index < -0.39 is 0 Å². The van der Waals surface area contributed by atoms with Crippen molar-refractivity contribution in [1.82, 2.24) is 14.7 Å². The molecule has 0 spiro atoms. The Labute approximate surface area is 159 Å². The van der Waals surface area contributed by atoms with Crippen LogP contribution in [0.1, 0.15) is 22.9 Å². The molecule has 2 atom stereocenters. The first-order valence-electron chi connectivity index (χ1n) is 8.23. The van der Waals surface area contributed by atoms with Crippen LogP contribution in [0.3, 0.4) is 0 Å². The normalized spacial score (nSPS) is 19.8. The van der Waals surface area contributed by atoms with Crippen LogP contribution in [0.25, 0.3) is 0 Å². The number of rotatable bonds is 4. The van der Waals surface area contributed by atoms with Gasteiger partial charge in [-0.15, -0.1) is 12.4 Å². The fourth-order valence-electron chi connectivity index (χ4n) is 3.45. The molecular weight excluding hydrogens is 359 g/mol. The molecule has 0 unspecified atom stereocenters. The monoisotopic (exact) mass is 382 g/mol. The summed E-state index contributed by atoms with van der Waals surface area (Å²) in [5, 5.41) is 4.98. The zero-order valence-corrected chi connectivity index (χ0v) is 16.1. The number of aryl methyl sites for hydroxylation is 1. The summed E-state index contributed by atoms with van der Waals surface area (Å²) >= 11 is 6.17. The molecule has 136 valence electrons. The van der Waals surface area contributed by atoms with Gasteiger partial charge in [0.1, 0.15) is 6.54 Å². The maximum absolute atomic E-state index is 12.7. The second kappa shape index (κ2) is 8.21. The highest BCUT2D eigenvalue weighted by Crippen LogP contribution is 2.32. The standard InChI is InChI=1S/C18H23ClN4O.ClH/c1-12-18(19)13(2)23(21-12)11-17(24)22-9-15(8-20)16(10-22)14-6-4-3-5-7-14;/h3-7,15-16H,8-11,20H2,1-2H3;1H/t15-,16+;/m1./s1. The maximum atomic E-state index is 12.7. The Morgan fingerprint density at radius 3 is 2.52 bits per heavy atom. The van der Waals surface area contributed by atoms with Crippen molar-refractivity contribution in [3.8, 4) is 0 Å². The van der Waals surface area contributed by atoms with E-state index in [1.807, 2.05) is 36.9 Å². The lowest BCUT2D eigenvalue weighted by molar-refractivity contribution is -0.131. The zero-order valence-electron chi connectivity index (χ0n) is 14.5. The van der Waals surface area contributed by atoms with Crippen molar-refractivity contribution in [2.75, 3.05) is 19.6 Å². The van der Waals surface area contributed by atoms with Crippen molar-refractivity contribution in [1.29, 1.82) is 0 Å². The van der Waals surface area contributed by atoms with Crippen molar-refractivity contribution < 1.29 is 4.79 Å². The molecular formula is C18H24Cl2N4O. The van der Waals surface area contributed by atoms with Crippen LogP contribution < -0.4 is 5.73 Å². The Morgan fingerprint density at radius 1 is 1.28 bits per heavy atom. The lowest BCUT2D eigenvalue weighted by atomic mass is 9.89. The van der Waals surface area contributed by atoms with Crippen LogP contribution >= 0.6 is 24.0 Å². The van der Waals surface area contributed by atoms with Crippen LogP contribution in [0.4, 0.5) is 0 Å². The first-order valence-corrected chi connectivity index (χ1v) is 8.61. The number of nitrogens with zero attached hydrogens (tertiary/aromatic N) is 3. The summed E-state index contributed by atoms with van der Waals surface area (Å²) in [6, 6.07) is 10.3. The molecule has 2 heterocycles. The Bertz CT molecular complexity index is 732. The molecule has 2 N–H and O–H groups in total. The summed E-state index contributed by atoms with van der Waals surface area (Å²) < 4.78 is 1.69. The predicted molar refractivity (Wildman–Crippen MR) is 102 cm³/mol. The number of carbonyl (C=O) groups is 1. The van der Waals surface area contributed by atoms with E-state index >= 15 is 0 Å². The Morgan fingerprint density at radius 2 is 1.96 bits per heavy atom. The molecule has 0 bridgehead atoms. The third kappa shape index (κ3) is 4.00. The molecule has 1 fully saturated rings. The molecule has 25 heavy (non-hydrogen) atoms. The van der Waals surface area contributed by atoms with Gasteiger partial charge in [0.25, 0.3) is 0 Å².